The monoisotopic (exact) mass is 534 g/mol. The molecule has 39 heavy (non-hydrogen) atoms. The number of hydrogen-bond acceptors (Lipinski definition) is 5. The van der Waals surface area contributed by atoms with Crippen molar-refractivity contribution in [3.63, 3.8) is 0 Å². The number of fused-ring (bicyclic) bond motifs is 1. The molecule has 1 saturated heterocycles. The number of carbonyl (C=O) groups excluding carboxylic acids is 2. The van der Waals surface area contributed by atoms with E-state index in [1.165, 1.54) is 12.3 Å². The van der Waals surface area contributed by atoms with E-state index < -0.39 is 16.6 Å². The lowest BCUT2D eigenvalue weighted by Gasteiger charge is -2.29. The quantitative estimate of drug-likeness (QED) is 0.345. The Labute approximate surface area is 224 Å². The van der Waals surface area contributed by atoms with E-state index in [2.05, 4.69) is 10.3 Å². The summed E-state index contributed by atoms with van der Waals surface area (Å²) in [6, 6.07) is 11.1. The highest BCUT2D eigenvalue weighted by molar-refractivity contribution is 6.00. The van der Waals surface area contributed by atoms with Crippen LogP contribution in [0.2, 0.25) is 0 Å². The van der Waals surface area contributed by atoms with Crippen LogP contribution in [0.5, 0.6) is 0 Å². The van der Waals surface area contributed by atoms with Gasteiger partial charge in [0.2, 0.25) is 5.91 Å². The minimum absolute atomic E-state index is 0.0181. The van der Waals surface area contributed by atoms with Gasteiger partial charge in [-0.15, -0.1) is 0 Å². The summed E-state index contributed by atoms with van der Waals surface area (Å²) >= 11 is 0. The first-order valence-corrected chi connectivity index (χ1v) is 12.9. The number of halogens is 2. The standard InChI is InChI=1S/C29H28F2N4O4/c1-18-6-7-19(10-25(18)35(38)39)11-26(36)33-16-29-8-2-4-21(29)15-34(17-29)28(37)24-5-3-9-32-27(24)20-12-22(30)14-23(31)13-20/h3,5-7,9-10,12-14,21H,2,4,8,11,15-17H2,1H3,(H,33,36)/t21-,29-/m0/s1. The number of nitrogens with one attached hydrogen (secondary N) is 1. The summed E-state index contributed by atoms with van der Waals surface area (Å²) in [5.74, 6) is -1.80. The molecule has 1 saturated carbocycles. The molecule has 2 fully saturated rings. The van der Waals surface area contributed by atoms with Crippen LogP contribution in [0.1, 0.15) is 40.7 Å². The number of hydrogen-bond donors (Lipinski definition) is 1. The van der Waals surface area contributed by atoms with Crippen molar-refractivity contribution in [1.29, 1.82) is 0 Å². The Morgan fingerprint density at radius 1 is 1.18 bits per heavy atom. The zero-order chi connectivity index (χ0) is 27.7. The summed E-state index contributed by atoms with van der Waals surface area (Å²) in [6.45, 7) is 3.01. The van der Waals surface area contributed by atoms with Gasteiger partial charge in [0.05, 0.1) is 22.6 Å². The number of rotatable bonds is 7. The van der Waals surface area contributed by atoms with Crippen molar-refractivity contribution in [2.75, 3.05) is 19.6 Å². The molecule has 1 aliphatic heterocycles. The molecule has 3 aromatic rings. The van der Waals surface area contributed by atoms with Gasteiger partial charge in [-0.2, -0.15) is 0 Å². The Hall–Kier alpha value is -4.21. The third-order valence-corrected chi connectivity index (χ3v) is 7.97. The SMILES string of the molecule is Cc1ccc(CC(=O)NC[C@]23CCC[C@H]2CN(C(=O)c2cccnc2-c2cc(F)cc(F)c2)C3)cc1[N+](=O)[O-]. The highest BCUT2D eigenvalue weighted by Crippen LogP contribution is 2.48. The maximum absolute atomic E-state index is 13.9. The van der Waals surface area contributed by atoms with Gasteiger partial charge in [-0.3, -0.25) is 24.7 Å². The largest absolute Gasteiger partial charge is 0.355 e. The molecule has 1 aromatic heterocycles. The molecule has 2 aromatic carbocycles. The summed E-state index contributed by atoms with van der Waals surface area (Å²) in [4.78, 5) is 43.2. The van der Waals surface area contributed by atoms with Crippen LogP contribution in [0.3, 0.4) is 0 Å². The van der Waals surface area contributed by atoms with Gasteiger partial charge in [-0.05, 0) is 55.5 Å². The number of carbonyl (C=O) groups is 2. The molecule has 2 heterocycles. The minimum atomic E-state index is -0.750. The van der Waals surface area contributed by atoms with E-state index in [-0.39, 0.29) is 52.1 Å². The van der Waals surface area contributed by atoms with Gasteiger partial charge >= 0.3 is 0 Å². The second-order valence-corrected chi connectivity index (χ2v) is 10.5. The topological polar surface area (TPSA) is 105 Å². The van der Waals surface area contributed by atoms with Crippen LogP contribution in [-0.4, -0.2) is 46.3 Å². The van der Waals surface area contributed by atoms with Crippen molar-refractivity contribution in [2.24, 2.45) is 11.3 Å². The van der Waals surface area contributed by atoms with E-state index in [0.717, 1.165) is 37.5 Å². The number of aryl methyl sites for hydroxylation is 1. The molecule has 0 bridgehead atoms. The van der Waals surface area contributed by atoms with E-state index in [1.54, 1.807) is 36.1 Å². The van der Waals surface area contributed by atoms with Crippen molar-refractivity contribution >= 4 is 17.5 Å². The van der Waals surface area contributed by atoms with Crippen LogP contribution in [0.4, 0.5) is 14.5 Å². The minimum Gasteiger partial charge on any atom is -0.355 e. The smallest absolute Gasteiger partial charge is 0.272 e. The first-order chi connectivity index (χ1) is 18.6. The van der Waals surface area contributed by atoms with Gasteiger partial charge in [0.15, 0.2) is 0 Å². The number of amides is 2. The lowest BCUT2D eigenvalue weighted by molar-refractivity contribution is -0.385. The fourth-order valence-electron chi connectivity index (χ4n) is 6.01. The number of benzene rings is 2. The molecule has 10 heteroatoms. The number of likely N-dealkylation sites (tertiary alicyclic amines) is 1. The molecule has 5 rings (SSSR count). The Balaban J connectivity index is 1.29. The maximum atomic E-state index is 13.9. The average Bonchev–Trinajstić information content (AvgIpc) is 3.45. The molecule has 0 spiro atoms. The van der Waals surface area contributed by atoms with Gasteiger partial charge in [0, 0.05) is 54.5 Å². The van der Waals surface area contributed by atoms with Crippen LogP contribution in [0, 0.1) is 40.0 Å². The van der Waals surface area contributed by atoms with Crippen LogP contribution in [-0.2, 0) is 11.2 Å². The molecule has 2 atom stereocenters. The molecule has 202 valence electrons. The third kappa shape index (κ3) is 5.36. The first-order valence-electron chi connectivity index (χ1n) is 12.9. The third-order valence-electron chi connectivity index (χ3n) is 7.97. The predicted octanol–water partition coefficient (Wildman–Crippen LogP) is 4.84. The fraction of sp³-hybridized carbons (Fsp3) is 0.345. The van der Waals surface area contributed by atoms with E-state index in [9.17, 15) is 28.5 Å². The second kappa shape index (κ2) is 10.5. The maximum Gasteiger partial charge on any atom is 0.272 e. The van der Waals surface area contributed by atoms with E-state index in [1.807, 2.05) is 0 Å². The van der Waals surface area contributed by atoms with Crippen LogP contribution in [0.15, 0.2) is 54.7 Å². The Bertz CT molecular complexity index is 1440. The van der Waals surface area contributed by atoms with Crippen molar-refractivity contribution in [2.45, 2.75) is 32.6 Å². The van der Waals surface area contributed by atoms with Crippen molar-refractivity contribution in [3.8, 4) is 11.3 Å². The number of nitro groups is 1. The highest BCUT2D eigenvalue weighted by Gasteiger charge is 2.50. The molecular formula is C29H28F2N4O4. The Kier molecular flexibility index (Phi) is 7.12. The molecule has 0 radical (unpaired) electrons. The molecule has 8 nitrogen and oxygen atoms in total. The summed E-state index contributed by atoms with van der Waals surface area (Å²) in [7, 11) is 0. The van der Waals surface area contributed by atoms with Gasteiger partial charge in [0.1, 0.15) is 11.6 Å². The number of nitro benzene ring substituents is 1. The van der Waals surface area contributed by atoms with Crippen molar-refractivity contribution in [1.82, 2.24) is 15.2 Å². The van der Waals surface area contributed by atoms with Crippen LogP contribution in [0.25, 0.3) is 11.3 Å². The van der Waals surface area contributed by atoms with Gasteiger partial charge < -0.3 is 10.2 Å². The van der Waals surface area contributed by atoms with E-state index in [4.69, 9.17) is 0 Å². The normalized spacial score (nSPS) is 20.1. The van der Waals surface area contributed by atoms with Crippen molar-refractivity contribution < 1.29 is 23.3 Å². The lowest BCUT2D eigenvalue weighted by Crippen LogP contribution is -2.41. The molecule has 1 N–H and O–H groups in total. The lowest BCUT2D eigenvalue weighted by atomic mass is 9.80. The van der Waals surface area contributed by atoms with Gasteiger partial charge in [0.25, 0.3) is 11.6 Å². The average molecular weight is 535 g/mol. The van der Waals surface area contributed by atoms with Crippen LogP contribution >= 0.6 is 0 Å². The molecule has 0 unspecified atom stereocenters. The molecular weight excluding hydrogens is 506 g/mol. The van der Waals surface area contributed by atoms with Crippen LogP contribution < -0.4 is 5.32 Å². The highest BCUT2D eigenvalue weighted by atomic mass is 19.1. The second-order valence-electron chi connectivity index (χ2n) is 10.5. The number of nitrogens with zero attached hydrogens (tertiary/aromatic N) is 3. The summed E-state index contributed by atoms with van der Waals surface area (Å²) in [5, 5.41) is 14.2. The molecule has 2 amide bonds. The van der Waals surface area contributed by atoms with E-state index in [0.29, 0.717) is 30.8 Å². The number of pyridine rings is 1. The zero-order valence-electron chi connectivity index (χ0n) is 21.5. The Morgan fingerprint density at radius 3 is 2.69 bits per heavy atom. The first kappa shape index (κ1) is 26.4. The molecule has 1 aliphatic carbocycles. The number of aromatic nitrogens is 1. The Morgan fingerprint density at radius 2 is 1.95 bits per heavy atom. The summed E-state index contributed by atoms with van der Waals surface area (Å²) in [5.41, 5.74) is 1.47. The van der Waals surface area contributed by atoms with Gasteiger partial charge in [-0.25, -0.2) is 8.78 Å². The van der Waals surface area contributed by atoms with Crippen molar-refractivity contribution in [3.05, 3.63) is 93.2 Å². The van der Waals surface area contributed by atoms with E-state index >= 15 is 0 Å². The fourth-order valence-corrected chi connectivity index (χ4v) is 6.01. The van der Waals surface area contributed by atoms with Gasteiger partial charge in [-0.1, -0.05) is 18.6 Å². The summed E-state index contributed by atoms with van der Waals surface area (Å²) in [6.07, 6.45) is 4.28. The molecule has 2 aliphatic rings. The zero-order valence-corrected chi connectivity index (χ0v) is 21.5. The predicted molar refractivity (Wildman–Crippen MR) is 140 cm³/mol. The summed E-state index contributed by atoms with van der Waals surface area (Å²) < 4.78 is 27.8.